The van der Waals surface area contributed by atoms with Gasteiger partial charge in [0, 0.05) is 64.3 Å². The van der Waals surface area contributed by atoms with Gasteiger partial charge in [0.05, 0.1) is 104 Å². The predicted molar refractivity (Wildman–Crippen MR) is 330 cm³/mol. The Morgan fingerprint density at radius 3 is 1.17 bits per heavy atom. The van der Waals surface area contributed by atoms with Gasteiger partial charge >= 0.3 is 24.7 Å². The third kappa shape index (κ3) is 36.6. The second-order valence-corrected chi connectivity index (χ2v) is 21.1. The third-order valence-electron chi connectivity index (χ3n) is 13.1. The van der Waals surface area contributed by atoms with Crippen LogP contribution in [-0.4, -0.2) is 198 Å². The molecule has 6 amide bonds. The van der Waals surface area contributed by atoms with Gasteiger partial charge in [-0.05, 0) is 97.5 Å². The molecule has 2 aromatic heterocycles. The zero-order chi connectivity index (χ0) is 70.1. The van der Waals surface area contributed by atoms with E-state index in [1.54, 1.807) is 12.4 Å². The molecule has 0 fully saturated rings. The maximum absolute atomic E-state index is 13.6. The lowest BCUT2D eigenvalue weighted by atomic mass is 10.0. The van der Waals surface area contributed by atoms with Crippen LogP contribution in [0, 0.1) is 13.8 Å². The Balaban J connectivity index is 1.07. The summed E-state index contributed by atoms with van der Waals surface area (Å²) in [5.74, 6) is -6.44. The summed E-state index contributed by atoms with van der Waals surface area (Å²) in [6, 6.07) is 10.9. The number of halogens is 6. The number of anilines is 2. The minimum Gasteiger partial charge on any atom is -0.481 e. The Morgan fingerprint density at radius 1 is 0.448 bits per heavy atom. The van der Waals surface area contributed by atoms with Crippen LogP contribution in [0.2, 0.25) is 0 Å². The molecule has 34 heteroatoms. The summed E-state index contributed by atoms with van der Waals surface area (Å²) in [5, 5.41) is 40.8. The third-order valence-corrected chi connectivity index (χ3v) is 13.1. The van der Waals surface area contributed by atoms with Crippen molar-refractivity contribution in [2.24, 2.45) is 0 Å². The molecule has 4 atom stereocenters. The van der Waals surface area contributed by atoms with Gasteiger partial charge in [0.2, 0.25) is 35.4 Å². The lowest BCUT2D eigenvalue weighted by molar-refractivity contribution is -0.275. The fourth-order valence-corrected chi connectivity index (χ4v) is 8.56. The van der Waals surface area contributed by atoms with Gasteiger partial charge in [-0.25, -0.2) is 9.97 Å². The highest BCUT2D eigenvalue weighted by molar-refractivity contribution is 5.89. The van der Waals surface area contributed by atoms with E-state index in [4.69, 9.17) is 28.4 Å². The van der Waals surface area contributed by atoms with Crippen LogP contribution in [-0.2, 0) is 66.8 Å². The number of amides is 6. The van der Waals surface area contributed by atoms with Crippen molar-refractivity contribution in [2.45, 2.75) is 102 Å². The summed E-state index contributed by atoms with van der Waals surface area (Å²) in [7, 11) is 0. The molecule has 0 aliphatic carbocycles. The molecule has 28 nitrogen and oxygen atoms in total. The average molecular weight is 1370 g/mol. The number of carbonyl (C=O) groups is 8. The second kappa shape index (κ2) is 43.9. The average Bonchev–Trinajstić information content (AvgIpc) is 0.867. The Labute approximate surface area is 549 Å². The van der Waals surface area contributed by atoms with E-state index < -0.39 is 122 Å². The highest BCUT2D eigenvalue weighted by atomic mass is 19.4. The molecule has 4 unspecified atom stereocenters. The maximum Gasteiger partial charge on any atom is 0.573 e. The van der Waals surface area contributed by atoms with Crippen LogP contribution in [0.25, 0.3) is 0 Å². The van der Waals surface area contributed by atoms with E-state index >= 15 is 0 Å². The van der Waals surface area contributed by atoms with Crippen molar-refractivity contribution in [1.82, 2.24) is 41.9 Å². The highest BCUT2D eigenvalue weighted by Gasteiger charge is 2.34. The molecule has 0 aliphatic rings. The van der Waals surface area contributed by atoms with Crippen LogP contribution < -0.4 is 52.0 Å². The largest absolute Gasteiger partial charge is 0.573 e. The number of aryl methyl sites for hydroxylation is 2. The first kappa shape index (κ1) is 79.5. The van der Waals surface area contributed by atoms with Gasteiger partial charge in [0.1, 0.15) is 35.2 Å². The number of ether oxygens (including phenoxy) is 8. The number of aromatic nitrogens is 2. The maximum atomic E-state index is 13.6. The highest BCUT2D eigenvalue weighted by Crippen LogP contribution is 2.29. The quantitative estimate of drug-likeness (QED) is 0.0211. The number of nitrogens with one attached hydrogen (secondary N) is 8. The fourth-order valence-electron chi connectivity index (χ4n) is 8.56. The number of carbonyl (C=O) groups excluding carboxylic acids is 6. The van der Waals surface area contributed by atoms with E-state index in [0.717, 1.165) is 35.4 Å². The van der Waals surface area contributed by atoms with Gasteiger partial charge in [-0.15, -0.1) is 26.3 Å². The number of nitrogens with zero attached hydrogens (tertiary/aromatic N) is 2. The number of benzene rings is 2. The van der Waals surface area contributed by atoms with E-state index in [0.29, 0.717) is 37.6 Å². The molecule has 4 rings (SSSR count). The van der Waals surface area contributed by atoms with Crippen LogP contribution >= 0.6 is 0 Å². The SMILES string of the molecule is Cc1ccnc(NCCCC(=O)NC(COCCOCCOCCNC(=O)CCC(=O)NCCOCCOCCOCC(NC(=O)CCCNc2cc(C)ccn2)C(=O)NC(CC(=O)O)c2cccc(OC(F)(F)F)c2)C(=O)NC(CC(=O)O)c2cccc(OC(F)(F)F)c2)c1. The molecular formula is C62H82F6N10O18. The summed E-state index contributed by atoms with van der Waals surface area (Å²) >= 11 is 0. The number of hydrogen-bond donors (Lipinski definition) is 10. The van der Waals surface area contributed by atoms with E-state index in [2.05, 4.69) is 62.0 Å². The normalized spacial score (nSPS) is 12.6. The zero-order valence-corrected chi connectivity index (χ0v) is 53.0. The smallest absolute Gasteiger partial charge is 0.481 e. The van der Waals surface area contributed by atoms with Crippen LogP contribution in [0.4, 0.5) is 38.0 Å². The number of hydrogen-bond acceptors (Lipinski definition) is 20. The molecule has 10 N–H and O–H groups in total. The summed E-state index contributed by atoms with van der Waals surface area (Å²) in [5.41, 5.74) is 1.94. The Kier molecular flexibility index (Phi) is 36.4. The molecule has 0 aliphatic heterocycles. The van der Waals surface area contributed by atoms with Crippen molar-refractivity contribution in [2.75, 3.05) is 116 Å². The summed E-state index contributed by atoms with van der Waals surface area (Å²) in [4.78, 5) is 110. The first-order valence-corrected chi connectivity index (χ1v) is 30.5. The predicted octanol–water partition coefficient (Wildman–Crippen LogP) is 4.72. The Hall–Kier alpha value is -8.96. The minimum atomic E-state index is -5.03. The molecule has 0 saturated heterocycles. The summed E-state index contributed by atoms with van der Waals surface area (Å²) < 4.78 is 119. The summed E-state index contributed by atoms with van der Waals surface area (Å²) in [6.07, 6.45) is -7.85. The number of alkyl halides is 6. The summed E-state index contributed by atoms with van der Waals surface area (Å²) in [6.45, 7) is 4.59. The van der Waals surface area contributed by atoms with E-state index in [-0.39, 0.29) is 116 Å². The standard InChI is InChI=1S/C62H82F6N10O18/c1-41-15-19-71-51(33-41)69-17-5-11-55(81)75-49(59(87)77-47(37-57(83)84)43-7-3-9-45(35-43)95-61(63,64)65)39-93-31-29-91-27-25-89-23-21-73-53(79)13-14-54(80)74-22-24-90-26-28-92-30-32-94-40-50(76-56(82)12-6-18-70-52-34-42(2)16-20-72-52)60(88)78-48(38-58(85)86)44-8-4-10-46(36-44)96-62(66,67)68/h3-4,7-10,15-16,19-20,33-36,47-50H,5-6,11-14,17-18,21-32,37-40H2,1-2H3,(H,69,71)(H,70,72)(H,73,79)(H,74,80)(H,75,81)(H,76,82)(H,77,87)(H,78,88)(H,83,84)(H,85,86). The number of aliphatic carboxylic acids is 2. The lowest BCUT2D eigenvalue weighted by Crippen LogP contribution is -2.50. The van der Waals surface area contributed by atoms with Gasteiger partial charge in [-0.3, -0.25) is 38.4 Å². The second-order valence-electron chi connectivity index (χ2n) is 21.1. The van der Waals surface area contributed by atoms with Crippen molar-refractivity contribution in [3.8, 4) is 11.5 Å². The van der Waals surface area contributed by atoms with E-state index in [1.165, 1.54) is 24.3 Å². The molecule has 96 heavy (non-hydrogen) atoms. The molecular weight excluding hydrogens is 1290 g/mol. The van der Waals surface area contributed by atoms with Crippen molar-refractivity contribution in [1.29, 1.82) is 0 Å². The van der Waals surface area contributed by atoms with Gasteiger partial charge < -0.3 is 90.6 Å². The molecule has 530 valence electrons. The van der Waals surface area contributed by atoms with Gasteiger partial charge in [0.15, 0.2) is 0 Å². The number of carboxylic acid groups (broad SMARTS) is 2. The van der Waals surface area contributed by atoms with Crippen molar-refractivity contribution < 1.29 is 113 Å². The zero-order valence-electron chi connectivity index (χ0n) is 53.0. The number of pyridine rings is 2. The molecule has 0 spiro atoms. The number of rotatable bonds is 49. The van der Waals surface area contributed by atoms with Crippen molar-refractivity contribution in [3.63, 3.8) is 0 Å². The van der Waals surface area contributed by atoms with E-state index in [1.807, 2.05) is 38.1 Å². The van der Waals surface area contributed by atoms with Gasteiger partial charge in [-0.2, -0.15) is 0 Å². The Bertz CT molecular complexity index is 2860. The molecule has 2 aromatic carbocycles. The molecule has 0 radical (unpaired) electrons. The fraction of sp³-hybridized carbons (Fsp3) is 0.516. The topological polar surface area (TPSA) is 373 Å². The minimum absolute atomic E-state index is 0.00583. The van der Waals surface area contributed by atoms with Crippen molar-refractivity contribution >= 4 is 59.0 Å². The van der Waals surface area contributed by atoms with Gasteiger partial charge in [-0.1, -0.05) is 24.3 Å². The molecule has 4 aromatic rings. The van der Waals surface area contributed by atoms with Gasteiger partial charge in [0.25, 0.3) is 0 Å². The van der Waals surface area contributed by atoms with Crippen LogP contribution in [0.3, 0.4) is 0 Å². The first-order valence-electron chi connectivity index (χ1n) is 30.5. The Morgan fingerprint density at radius 2 is 0.812 bits per heavy atom. The first-order chi connectivity index (χ1) is 45.8. The van der Waals surface area contributed by atoms with E-state index in [9.17, 15) is 74.9 Å². The molecule has 2 heterocycles. The van der Waals surface area contributed by atoms with Crippen LogP contribution in [0.15, 0.2) is 85.2 Å². The molecule has 0 bridgehead atoms. The van der Waals surface area contributed by atoms with Crippen molar-refractivity contribution in [3.05, 3.63) is 107 Å². The lowest BCUT2D eigenvalue weighted by Gasteiger charge is -2.23. The van der Waals surface area contributed by atoms with Crippen LogP contribution in [0.5, 0.6) is 11.5 Å². The monoisotopic (exact) mass is 1370 g/mol. The van der Waals surface area contributed by atoms with Crippen LogP contribution in [0.1, 0.15) is 85.7 Å². The molecule has 0 saturated carbocycles. The number of carboxylic acids is 2.